The number of ether oxygens (including phenoxy) is 1. The maximum absolute atomic E-state index is 5.99. The fraction of sp³-hybridized carbons (Fsp3) is 0.571. The summed E-state index contributed by atoms with van der Waals surface area (Å²) in [6, 6.07) is 7.92. The zero-order valence-corrected chi connectivity index (χ0v) is 12.2. The fourth-order valence-electron chi connectivity index (χ4n) is 2.10. The van der Waals surface area contributed by atoms with Crippen molar-refractivity contribution in [1.82, 2.24) is 0 Å². The Morgan fingerprint density at radius 2 is 2.24 bits per heavy atom. The Labute approximate surface area is 117 Å². The van der Waals surface area contributed by atoms with Crippen LogP contribution in [0, 0.1) is 5.92 Å². The Morgan fingerprint density at radius 3 is 2.82 bits per heavy atom. The van der Waals surface area contributed by atoms with Crippen LogP contribution in [0.1, 0.15) is 37.4 Å². The molecule has 1 unspecified atom stereocenters. The van der Waals surface area contributed by atoms with E-state index >= 15 is 0 Å². The van der Waals surface area contributed by atoms with Crippen LogP contribution in [0.5, 0.6) is 0 Å². The molecule has 3 heteroatoms. The van der Waals surface area contributed by atoms with E-state index in [1.165, 1.54) is 25.7 Å². The predicted octanol–water partition coefficient (Wildman–Crippen LogP) is 4.98. The Hall–Kier alpha value is -0.0500. The lowest BCUT2D eigenvalue weighted by Crippen LogP contribution is -2.15. The summed E-state index contributed by atoms with van der Waals surface area (Å²) in [5.41, 5.74) is 1.16. The molecule has 94 valence electrons. The second kappa shape index (κ2) is 6.77. The van der Waals surface area contributed by atoms with Crippen molar-refractivity contribution in [2.24, 2.45) is 5.92 Å². The van der Waals surface area contributed by atoms with Gasteiger partial charge in [0.05, 0.1) is 6.10 Å². The highest BCUT2D eigenvalue weighted by Crippen LogP contribution is 2.30. The third kappa shape index (κ3) is 3.97. The third-order valence-electron chi connectivity index (χ3n) is 3.43. The van der Waals surface area contributed by atoms with Crippen molar-refractivity contribution in [3.8, 4) is 0 Å². The highest BCUT2D eigenvalue weighted by atomic mass is 79.9. The maximum atomic E-state index is 5.99. The molecule has 0 aliphatic heterocycles. The molecule has 0 amide bonds. The predicted molar refractivity (Wildman–Crippen MR) is 75.9 cm³/mol. The number of benzene rings is 1. The van der Waals surface area contributed by atoms with E-state index in [9.17, 15) is 0 Å². The molecular weight excluding hydrogens is 300 g/mol. The van der Waals surface area contributed by atoms with Crippen LogP contribution >= 0.6 is 27.5 Å². The first-order chi connectivity index (χ1) is 8.29. The number of rotatable bonds is 6. The minimum absolute atomic E-state index is 0.119. The monoisotopic (exact) mass is 316 g/mol. The van der Waals surface area contributed by atoms with Gasteiger partial charge in [0, 0.05) is 17.0 Å². The molecule has 1 aliphatic rings. The lowest BCUT2D eigenvalue weighted by molar-refractivity contribution is 0.0521. The third-order valence-corrected chi connectivity index (χ3v) is 4.25. The van der Waals surface area contributed by atoms with Gasteiger partial charge in [0.25, 0.3) is 0 Å². The topological polar surface area (TPSA) is 9.23 Å². The summed E-state index contributed by atoms with van der Waals surface area (Å²) in [4.78, 5) is 0. The van der Waals surface area contributed by atoms with Crippen molar-refractivity contribution in [3.05, 3.63) is 34.9 Å². The summed E-state index contributed by atoms with van der Waals surface area (Å²) < 4.78 is 5.93. The summed E-state index contributed by atoms with van der Waals surface area (Å²) in [7, 11) is 0. The van der Waals surface area contributed by atoms with Crippen LogP contribution in [0.25, 0.3) is 0 Å². The van der Waals surface area contributed by atoms with Gasteiger partial charge in [0.15, 0.2) is 0 Å². The molecule has 17 heavy (non-hydrogen) atoms. The molecule has 0 N–H and O–H groups in total. The van der Waals surface area contributed by atoms with Crippen molar-refractivity contribution in [2.45, 2.75) is 31.8 Å². The molecule has 0 bridgehead atoms. The van der Waals surface area contributed by atoms with Gasteiger partial charge in [-0.25, -0.2) is 0 Å². The minimum atomic E-state index is 0.119. The fourth-order valence-corrected chi connectivity index (χ4v) is 2.85. The van der Waals surface area contributed by atoms with Gasteiger partial charge in [0.1, 0.15) is 0 Å². The van der Waals surface area contributed by atoms with E-state index in [1.807, 2.05) is 18.2 Å². The average Bonchev–Trinajstić information content (AvgIpc) is 2.27. The molecular formula is C14H18BrClO. The molecule has 1 fully saturated rings. The Morgan fingerprint density at radius 1 is 1.41 bits per heavy atom. The van der Waals surface area contributed by atoms with E-state index in [1.54, 1.807) is 0 Å². The van der Waals surface area contributed by atoms with Gasteiger partial charge in [0.2, 0.25) is 0 Å². The van der Waals surface area contributed by atoms with E-state index in [0.29, 0.717) is 0 Å². The standard InChI is InChI=1S/C14H18BrClO/c15-10-14(12-5-2-6-13(16)9-12)17-8-7-11-3-1-4-11/h2,5-6,9,11,14H,1,3-4,7-8,10H2. The van der Waals surface area contributed by atoms with Gasteiger partial charge >= 0.3 is 0 Å². The zero-order chi connectivity index (χ0) is 12.1. The van der Waals surface area contributed by atoms with E-state index in [0.717, 1.165) is 28.4 Å². The largest absolute Gasteiger partial charge is 0.373 e. The summed E-state index contributed by atoms with van der Waals surface area (Å²) in [5.74, 6) is 0.908. The van der Waals surface area contributed by atoms with E-state index in [-0.39, 0.29) is 6.10 Å². The highest BCUT2D eigenvalue weighted by molar-refractivity contribution is 9.09. The molecule has 0 spiro atoms. The summed E-state index contributed by atoms with van der Waals surface area (Å²) in [5, 5.41) is 1.59. The van der Waals surface area contributed by atoms with Crippen LogP contribution in [-0.4, -0.2) is 11.9 Å². The maximum Gasteiger partial charge on any atom is 0.0922 e. The molecule has 1 atom stereocenters. The average molecular weight is 318 g/mol. The van der Waals surface area contributed by atoms with E-state index in [2.05, 4.69) is 22.0 Å². The first-order valence-corrected chi connectivity index (χ1v) is 7.72. The highest BCUT2D eigenvalue weighted by Gasteiger charge is 2.18. The normalized spacial score (nSPS) is 17.8. The Bertz CT molecular complexity index is 352. The van der Waals surface area contributed by atoms with Gasteiger partial charge in [-0.15, -0.1) is 0 Å². The van der Waals surface area contributed by atoms with Crippen LogP contribution in [0.15, 0.2) is 24.3 Å². The van der Waals surface area contributed by atoms with Crippen LogP contribution in [0.2, 0.25) is 5.02 Å². The van der Waals surface area contributed by atoms with Crippen LogP contribution in [0.4, 0.5) is 0 Å². The molecule has 0 radical (unpaired) electrons. The first kappa shape index (κ1) is 13.4. The van der Waals surface area contributed by atoms with Crippen molar-refractivity contribution in [1.29, 1.82) is 0 Å². The molecule has 1 aromatic rings. The molecule has 0 heterocycles. The van der Waals surface area contributed by atoms with Gasteiger partial charge in [-0.2, -0.15) is 0 Å². The van der Waals surface area contributed by atoms with Crippen LogP contribution < -0.4 is 0 Å². The Kier molecular flexibility index (Phi) is 5.33. The molecule has 0 saturated heterocycles. The second-order valence-corrected chi connectivity index (χ2v) is 5.74. The molecule has 0 aromatic heterocycles. The number of alkyl halides is 1. The summed E-state index contributed by atoms with van der Waals surface area (Å²) in [6.07, 6.45) is 5.50. The first-order valence-electron chi connectivity index (χ1n) is 6.22. The van der Waals surface area contributed by atoms with Gasteiger partial charge in [-0.1, -0.05) is 58.9 Å². The van der Waals surface area contributed by atoms with Gasteiger partial charge in [-0.05, 0) is 30.0 Å². The zero-order valence-electron chi connectivity index (χ0n) is 9.87. The quantitative estimate of drug-likeness (QED) is 0.672. The molecule has 1 saturated carbocycles. The Balaban J connectivity index is 1.82. The van der Waals surface area contributed by atoms with Crippen LogP contribution in [0.3, 0.4) is 0 Å². The van der Waals surface area contributed by atoms with Crippen molar-refractivity contribution in [2.75, 3.05) is 11.9 Å². The number of hydrogen-bond donors (Lipinski definition) is 0. The number of hydrogen-bond acceptors (Lipinski definition) is 1. The number of halogens is 2. The van der Waals surface area contributed by atoms with Crippen LogP contribution in [-0.2, 0) is 4.74 Å². The SMILES string of the molecule is Clc1cccc(C(CBr)OCCC2CCC2)c1. The van der Waals surface area contributed by atoms with Crippen molar-refractivity contribution < 1.29 is 4.74 Å². The van der Waals surface area contributed by atoms with Gasteiger partial charge < -0.3 is 4.74 Å². The molecule has 1 nitrogen and oxygen atoms in total. The van der Waals surface area contributed by atoms with Crippen molar-refractivity contribution >= 4 is 27.5 Å². The lowest BCUT2D eigenvalue weighted by atomic mass is 9.83. The van der Waals surface area contributed by atoms with Gasteiger partial charge in [-0.3, -0.25) is 0 Å². The van der Waals surface area contributed by atoms with Crippen molar-refractivity contribution in [3.63, 3.8) is 0 Å². The summed E-state index contributed by atoms with van der Waals surface area (Å²) >= 11 is 9.50. The summed E-state index contributed by atoms with van der Waals surface area (Å²) in [6.45, 7) is 0.855. The molecule has 1 aromatic carbocycles. The molecule has 1 aliphatic carbocycles. The van der Waals surface area contributed by atoms with E-state index < -0.39 is 0 Å². The lowest BCUT2D eigenvalue weighted by Gasteiger charge is -2.26. The second-order valence-electron chi connectivity index (χ2n) is 4.65. The van der Waals surface area contributed by atoms with E-state index in [4.69, 9.17) is 16.3 Å². The minimum Gasteiger partial charge on any atom is -0.373 e. The molecule has 2 rings (SSSR count). The smallest absolute Gasteiger partial charge is 0.0922 e.